The molecule has 0 N–H and O–H groups in total. The van der Waals surface area contributed by atoms with Gasteiger partial charge in [-0.2, -0.15) is 0 Å². The molecule has 0 saturated carbocycles. The molecule has 6 nitrogen and oxygen atoms in total. The van der Waals surface area contributed by atoms with Crippen LogP contribution in [-0.4, -0.2) is 37.2 Å². The Morgan fingerprint density at radius 3 is 0.795 bits per heavy atom. The highest BCUT2D eigenvalue weighted by molar-refractivity contribution is 5.71. The molecule has 78 heavy (non-hydrogen) atoms. The molecule has 0 aliphatic carbocycles. The summed E-state index contributed by atoms with van der Waals surface area (Å²) < 4.78 is 16.9. The van der Waals surface area contributed by atoms with Crippen LogP contribution in [0.4, 0.5) is 0 Å². The maximum absolute atomic E-state index is 12.9. The van der Waals surface area contributed by atoms with E-state index in [-0.39, 0.29) is 31.1 Å². The van der Waals surface area contributed by atoms with Crippen LogP contribution in [-0.2, 0) is 28.6 Å². The first-order chi connectivity index (χ1) is 38.5. The van der Waals surface area contributed by atoms with E-state index in [0.29, 0.717) is 19.3 Å². The van der Waals surface area contributed by atoms with E-state index in [1.54, 1.807) is 0 Å². The molecule has 0 spiro atoms. The van der Waals surface area contributed by atoms with Gasteiger partial charge in [0, 0.05) is 19.3 Å². The Hall–Kier alpha value is -2.89. The molecule has 1 unspecified atom stereocenters. The fourth-order valence-corrected chi connectivity index (χ4v) is 10.1. The Kier molecular flexibility index (Phi) is 64.2. The minimum Gasteiger partial charge on any atom is -0.462 e. The molecule has 0 rings (SSSR count). The van der Waals surface area contributed by atoms with Crippen molar-refractivity contribution in [2.24, 2.45) is 0 Å². The van der Waals surface area contributed by atoms with Crippen molar-refractivity contribution in [1.82, 2.24) is 0 Å². The van der Waals surface area contributed by atoms with E-state index >= 15 is 0 Å². The first-order valence-corrected chi connectivity index (χ1v) is 34.3. The van der Waals surface area contributed by atoms with Crippen LogP contribution in [0.2, 0.25) is 0 Å². The smallest absolute Gasteiger partial charge is 0.306 e. The SMILES string of the molecule is CC/C=C\C/C=C\C/C=C\C/C=C\CCCCCCCCCCCCC(=O)OC(COC(=O)CCCCCCCCCC)COC(=O)CCCCCCCCCCCCCCCCCCC/C=C\CCCCCCCCCC. The van der Waals surface area contributed by atoms with E-state index < -0.39 is 6.10 Å². The highest BCUT2D eigenvalue weighted by atomic mass is 16.6. The third kappa shape index (κ3) is 63.9. The molecule has 1 atom stereocenters. The summed E-state index contributed by atoms with van der Waals surface area (Å²) in [5.74, 6) is -0.861. The number of ether oxygens (including phenoxy) is 3. The zero-order valence-electron chi connectivity index (χ0n) is 52.2. The van der Waals surface area contributed by atoms with Gasteiger partial charge in [-0.05, 0) is 83.5 Å². The van der Waals surface area contributed by atoms with Crippen LogP contribution in [0.1, 0.15) is 361 Å². The zero-order chi connectivity index (χ0) is 56.4. The molecule has 0 aromatic rings. The van der Waals surface area contributed by atoms with Gasteiger partial charge >= 0.3 is 17.9 Å². The lowest BCUT2D eigenvalue weighted by Crippen LogP contribution is -2.30. The summed E-state index contributed by atoms with van der Waals surface area (Å²) in [6, 6.07) is 0. The Balaban J connectivity index is 4.09. The summed E-state index contributed by atoms with van der Waals surface area (Å²) >= 11 is 0. The van der Waals surface area contributed by atoms with E-state index in [9.17, 15) is 14.4 Å². The summed E-state index contributed by atoms with van der Waals surface area (Å²) in [5, 5.41) is 0. The zero-order valence-corrected chi connectivity index (χ0v) is 52.2. The lowest BCUT2D eigenvalue weighted by Gasteiger charge is -2.18. The average Bonchev–Trinajstić information content (AvgIpc) is 3.44. The molecule has 0 amide bonds. The van der Waals surface area contributed by atoms with Gasteiger partial charge in [-0.3, -0.25) is 14.4 Å². The Morgan fingerprint density at radius 2 is 0.500 bits per heavy atom. The molecule has 0 aromatic carbocycles. The minimum absolute atomic E-state index is 0.0716. The van der Waals surface area contributed by atoms with Gasteiger partial charge in [-0.15, -0.1) is 0 Å². The van der Waals surface area contributed by atoms with Gasteiger partial charge in [0.25, 0.3) is 0 Å². The second kappa shape index (κ2) is 66.6. The average molecular weight is 1090 g/mol. The fraction of sp³-hybridized carbons (Fsp3) is 0.819. The van der Waals surface area contributed by atoms with Crippen molar-refractivity contribution in [1.29, 1.82) is 0 Å². The highest BCUT2D eigenvalue weighted by Crippen LogP contribution is 2.18. The standard InChI is InChI=1S/C72H130O6/c1-4-7-10-13-16-19-21-23-25-27-29-31-33-34-35-36-37-38-40-41-43-45-47-49-51-53-56-59-62-65-71(74)77-68-69(67-76-70(73)64-61-58-55-18-15-12-9-6-3)78-72(75)66-63-60-57-54-52-50-48-46-44-42-39-32-30-28-26-24-22-20-17-14-11-8-5-2/h8,11,17,20,24,26-27,29-30,32,69H,4-7,9-10,12-16,18-19,21-23,25,28,31,33-68H2,1-3H3/b11-8-,20-17-,26-24-,29-27-,32-30-. The van der Waals surface area contributed by atoms with Crippen LogP contribution >= 0.6 is 0 Å². The lowest BCUT2D eigenvalue weighted by molar-refractivity contribution is -0.167. The molecule has 0 bridgehead atoms. The summed E-state index contributed by atoms with van der Waals surface area (Å²) in [4.78, 5) is 38.2. The van der Waals surface area contributed by atoms with Crippen LogP contribution in [0.15, 0.2) is 60.8 Å². The molecule has 0 saturated heterocycles. The summed E-state index contributed by atoms with van der Waals surface area (Å²) in [6.07, 6.45) is 85.5. The summed E-state index contributed by atoms with van der Waals surface area (Å²) in [6.45, 7) is 6.55. The number of esters is 3. The largest absolute Gasteiger partial charge is 0.462 e. The molecular formula is C72H130O6. The predicted octanol–water partition coefficient (Wildman–Crippen LogP) is 23.5. The highest BCUT2D eigenvalue weighted by Gasteiger charge is 2.19. The van der Waals surface area contributed by atoms with E-state index in [1.807, 2.05) is 0 Å². The number of allylic oxidation sites excluding steroid dienone is 10. The van der Waals surface area contributed by atoms with Crippen molar-refractivity contribution in [3.8, 4) is 0 Å². The summed E-state index contributed by atoms with van der Waals surface area (Å²) in [5.41, 5.74) is 0. The molecule has 454 valence electrons. The lowest BCUT2D eigenvalue weighted by atomic mass is 10.0. The van der Waals surface area contributed by atoms with Crippen molar-refractivity contribution < 1.29 is 28.6 Å². The normalized spacial score (nSPS) is 12.4. The third-order valence-corrected chi connectivity index (χ3v) is 15.3. The van der Waals surface area contributed by atoms with Crippen LogP contribution < -0.4 is 0 Å². The van der Waals surface area contributed by atoms with E-state index in [0.717, 1.165) is 83.5 Å². The quantitative estimate of drug-likeness (QED) is 0.0261. The molecule has 0 aromatic heterocycles. The molecule has 0 radical (unpaired) electrons. The summed E-state index contributed by atoms with van der Waals surface area (Å²) in [7, 11) is 0. The topological polar surface area (TPSA) is 78.9 Å². The van der Waals surface area contributed by atoms with Crippen LogP contribution in [0.5, 0.6) is 0 Å². The van der Waals surface area contributed by atoms with Gasteiger partial charge in [0.2, 0.25) is 0 Å². The fourth-order valence-electron chi connectivity index (χ4n) is 10.1. The Labute approximate surface area is 485 Å². The minimum atomic E-state index is -0.773. The number of carbonyl (C=O) groups excluding carboxylic acids is 3. The van der Waals surface area contributed by atoms with Gasteiger partial charge in [0.15, 0.2) is 6.10 Å². The second-order valence-electron chi connectivity index (χ2n) is 23.1. The van der Waals surface area contributed by atoms with E-state index in [4.69, 9.17) is 14.2 Å². The maximum Gasteiger partial charge on any atom is 0.306 e. The van der Waals surface area contributed by atoms with Crippen LogP contribution in [0.25, 0.3) is 0 Å². The molecule has 0 fully saturated rings. The molecule has 0 heterocycles. The molecule has 0 aliphatic heterocycles. The number of unbranched alkanes of at least 4 members (excludes halogenated alkanes) is 42. The molecule has 0 aliphatic rings. The first kappa shape index (κ1) is 75.1. The second-order valence-corrected chi connectivity index (χ2v) is 23.1. The van der Waals surface area contributed by atoms with E-state index in [2.05, 4.69) is 81.5 Å². The van der Waals surface area contributed by atoms with Crippen molar-refractivity contribution in [2.75, 3.05) is 13.2 Å². The molecule has 6 heteroatoms. The van der Waals surface area contributed by atoms with Gasteiger partial charge in [0.1, 0.15) is 13.2 Å². The van der Waals surface area contributed by atoms with Crippen LogP contribution in [0.3, 0.4) is 0 Å². The number of carbonyl (C=O) groups is 3. The monoisotopic (exact) mass is 1090 g/mol. The maximum atomic E-state index is 12.9. The van der Waals surface area contributed by atoms with Gasteiger partial charge in [0.05, 0.1) is 0 Å². The number of hydrogen-bond acceptors (Lipinski definition) is 6. The van der Waals surface area contributed by atoms with Crippen molar-refractivity contribution >= 4 is 17.9 Å². The van der Waals surface area contributed by atoms with Gasteiger partial charge < -0.3 is 14.2 Å². The van der Waals surface area contributed by atoms with Crippen molar-refractivity contribution in [2.45, 2.75) is 367 Å². The Bertz CT molecular complexity index is 1390. The van der Waals surface area contributed by atoms with E-state index in [1.165, 1.54) is 238 Å². The third-order valence-electron chi connectivity index (χ3n) is 15.3. The first-order valence-electron chi connectivity index (χ1n) is 34.3. The van der Waals surface area contributed by atoms with Crippen LogP contribution in [0, 0.1) is 0 Å². The molecular weight excluding hydrogens is 961 g/mol. The number of hydrogen-bond donors (Lipinski definition) is 0. The van der Waals surface area contributed by atoms with Gasteiger partial charge in [-0.25, -0.2) is 0 Å². The number of rotatable bonds is 63. The predicted molar refractivity (Wildman–Crippen MR) is 339 cm³/mol. The van der Waals surface area contributed by atoms with Crippen molar-refractivity contribution in [3.05, 3.63) is 60.8 Å². The van der Waals surface area contributed by atoms with Gasteiger partial charge in [-0.1, -0.05) is 319 Å². The Morgan fingerprint density at radius 1 is 0.269 bits per heavy atom. The van der Waals surface area contributed by atoms with Crippen molar-refractivity contribution in [3.63, 3.8) is 0 Å².